The first-order valence-electron chi connectivity index (χ1n) is 15.9. The summed E-state index contributed by atoms with van der Waals surface area (Å²) in [5.41, 5.74) is 2.46. The van der Waals surface area contributed by atoms with Crippen LogP contribution in [0.3, 0.4) is 0 Å². The van der Waals surface area contributed by atoms with Gasteiger partial charge in [0.05, 0.1) is 7.11 Å². The van der Waals surface area contributed by atoms with Crippen LogP contribution in [-0.4, -0.2) is 52.2 Å². The van der Waals surface area contributed by atoms with E-state index in [2.05, 4.69) is 15.6 Å². The Bertz CT molecular complexity index is 1880. The number of rotatable bonds is 8. The Morgan fingerprint density at radius 1 is 1.13 bits per heavy atom. The van der Waals surface area contributed by atoms with Crippen molar-refractivity contribution >= 4 is 23.3 Å². The van der Waals surface area contributed by atoms with Crippen molar-refractivity contribution in [2.45, 2.75) is 70.2 Å². The first-order valence-corrected chi connectivity index (χ1v) is 15.9. The summed E-state index contributed by atoms with van der Waals surface area (Å²) in [6, 6.07) is 12.9. The Balaban J connectivity index is 1.47. The van der Waals surface area contributed by atoms with Gasteiger partial charge in [0, 0.05) is 23.6 Å². The molecule has 5 atom stereocenters. The monoisotopic (exact) mass is 640 g/mol. The van der Waals surface area contributed by atoms with Gasteiger partial charge >= 0.3 is 5.97 Å². The zero-order valence-electron chi connectivity index (χ0n) is 26.5. The summed E-state index contributed by atoms with van der Waals surface area (Å²) < 4.78 is 24.0. The van der Waals surface area contributed by atoms with Crippen LogP contribution in [0.2, 0.25) is 0 Å². The smallest absolute Gasteiger partial charge is 0.360 e. The standard InChI is InChI=1S/C35H36N4O8/c1-5-8-23-31-39-27(32-37-24(16-45-32)33(43)44-4)29(47-31)35-20-9-6-7-10-22(20)38-34(35)46-26-12-11-18(14-21(26)35)13-19(30(42)36-23)15-25(40)28(41)17(2)3/h6-7,9-12,14,16-17,19,23,28,34,38,41H,5,8,13,15H2,1-4H3,(H,36,42)/t19-,23+,28+,34?,35?/m1/s1. The van der Waals surface area contributed by atoms with E-state index in [0.29, 0.717) is 24.4 Å². The molecule has 2 unspecified atom stereocenters. The minimum atomic E-state index is -1.18. The first-order chi connectivity index (χ1) is 22.6. The maximum absolute atomic E-state index is 14.0. The van der Waals surface area contributed by atoms with Crippen LogP contribution in [0.5, 0.6) is 5.75 Å². The fourth-order valence-corrected chi connectivity index (χ4v) is 6.95. The number of esters is 1. The number of methoxy groups -OCH3 is 1. The second kappa shape index (κ2) is 11.7. The fraction of sp³-hybridized carbons (Fsp3) is 0.400. The molecule has 3 aliphatic rings. The van der Waals surface area contributed by atoms with Crippen LogP contribution >= 0.6 is 0 Å². The van der Waals surface area contributed by atoms with E-state index in [1.54, 1.807) is 13.8 Å². The third-order valence-corrected chi connectivity index (χ3v) is 9.30. The quantitative estimate of drug-likeness (QED) is 0.229. The number of anilines is 1. The van der Waals surface area contributed by atoms with Gasteiger partial charge in [-0.25, -0.2) is 14.8 Å². The maximum atomic E-state index is 14.0. The number of nitrogens with one attached hydrogen (secondary N) is 2. The van der Waals surface area contributed by atoms with Gasteiger partial charge in [-0.15, -0.1) is 0 Å². The Kier molecular flexibility index (Phi) is 7.62. The van der Waals surface area contributed by atoms with E-state index >= 15 is 0 Å². The minimum absolute atomic E-state index is 0.0326. The van der Waals surface area contributed by atoms with Gasteiger partial charge in [0.15, 0.2) is 29.2 Å². The molecule has 7 rings (SSSR count). The minimum Gasteiger partial charge on any atom is -0.469 e. The Labute approximate surface area is 270 Å². The lowest BCUT2D eigenvalue weighted by Crippen LogP contribution is -2.40. The van der Waals surface area contributed by atoms with Gasteiger partial charge in [0.1, 0.15) is 29.6 Å². The molecule has 0 fully saturated rings. The lowest BCUT2D eigenvalue weighted by molar-refractivity contribution is -0.135. The molecule has 0 saturated heterocycles. The zero-order valence-corrected chi connectivity index (χ0v) is 26.5. The predicted molar refractivity (Wildman–Crippen MR) is 168 cm³/mol. The molecule has 2 aromatic carbocycles. The van der Waals surface area contributed by atoms with Crippen LogP contribution in [0, 0.1) is 11.8 Å². The number of nitrogens with zero attached hydrogens (tertiary/aromatic N) is 2. The van der Waals surface area contributed by atoms with E-state index in [1.807, 2.05) is 49.4 Å². The summed E-state index contributed by atoms with van der Waals surface area (Å²) in [5, 5.41) is 17.2. The molecule has 1 amide bonds. The van der Waals surface area contributed by atoms with E-state index in [4.69, 9.17) is 23.3 Å². The highest BCUT2D eigenvalue weighted by Gasteiger charge is 2.61. The predicted octanol–water partition coefficient (Wildman–Crippen LogP) is 4.70. The number of benzene rings is 2. The van der Waals surface area contributed by atoms with Crippen LogP contribution < -0.4 is 15.4 Å². The summed E-state index contributed by atoms with van der Waals surface area (Å²) in [7, 11) is 1.26. The molecule has 0 saturated carbocycles. The van der Waals surface area contributed by atoms with Crippen LogP contribution in [0.4, 0.5) is 5.69 Å². The highest BCUT2D eigenvalue weighted by atomic mass is 16.5. The van der Waals surface area contributed by atoms with E-state index in [1.165, 1.54) is 13.4 Å². The van der Waals surface area contributed by atoms with Crippen LogP contribution in [0.25, 0.3) is 11.6 Å². The van der Waals surface area contributed by atoms with Crippen molar-refractivity contribution in [1.82, 2.24) is 15.3 Å². The number of oxazole rings is 2. The molecule has 1 spiro atoms. The van der Waals surface area contributed by atoms with Crippen LogP contribution in [0.1, 0.15) is 84.9 Å². The van der Waals surface area contributed by atoms with Gasteiger partial charge in [-0.3, -0.25) is 9.59 Å². The number of Topliss-reactive ketones (excluding diaryl/α,β-unsaturated/α-hetero) is 1. The van der Waals surface area contributed by atoms with Gasteiger partial charge in [-0.05, 0) is 42.0 Å². The highest BCUT2D eigenvalue weighted by molar-refractivity contribution is 5.90. The van der Waals surface area contributed by atoms with Gasteiger partial charge in [-0.1, -0.05) is 57.5 Å². The molecule has 12 heteroatoms. The number of aliphatic hydroxyl groups is 1. The van der Waals surface area contributed by atoms with Crippen molar-refractivity contribution in [2.24, 2.45) is 11.8 Å². The number of ketones is 1. The molecule has 0 aliphatic carbocycles. The molecule has 12 nitrogen and oxygen atoms in total. The molecular formula is C35H36N4O8. The third-order valence-electron chi connectivity index (χ3n) is 9.30. The second-order valence-electron chi connectivity index (χ2n) is 12.7. The summed E-state index contributed by atoms with van der Waals surface area (Å²) in [5.74, 6) is -1.20. The number of carbonyl (C=O) groups is 3. The highest BCUT2D eigenvalue weighted by Crippen LogP contribution is 2.59. The SMILES string of the molecule is CCC[C@@H]1NC(=O)[C@@H](CC(=O)[C@@H](O)C(C)C)Cc2ccc3c(c2)C2(c4ccccc4NC2O3)c2oc1nc2-c1nc(C(=O)OC)co1. The number of aromatic nitrogens is 2. The summed E-state index contributed by atoms with van der Waals surface area (Å²) in [4.78, 5) is 48.8. The number of amides is 1. The number of ether oxygens (including phenoxy) is 2. The van der Waals surface area contributed by atoms with E-state index in [0.717, 1.165) is 22.4 Å². The lowest BCUT2D eigenvalue weighted by atomic mass is 9.72. The summed E-state index contributed by atoms with van der Waals surface area (Å²) in [6.45, 7) is 5.52. The maximum Gasteiger partial charge on any atom is 0.360 e. The molecule has 47 heavy (non-hydrogen) atoms. The largest absolute Gasteiger partial charge is 0.469 e. The number of hydrogen-bond acceptors (Lipinski definition) is 11. The van der Waals surface area contributed by atoms with Gasteiger partial charge in [0.25, 0.3) is 0 Å². The third kappa shape index (κ3) is 4.89. The number of hydrogen-bond donors (Lipinski definition) is 3. The number of carbonyl (C=O) groups excluding carboxylic acids is 3. The average Bonchev–Trinajstić information content (AvgIpc) is 3.84. The average molecular weight is 641 g/mol. The Hall–Kier alpha value is -4.97. The van der Waals surface area contributed by atoms with Crippen molar-refractivity contribution in [3.8, 4) is 17.3 Å². The van der Waals surface area contributed by atoms with Crippen molar-refractivity contribution in [1.29, 1.82) is 0 Å². The van der Waals surface area contributed by atoms with Gasteiger partial charge < -0.3 is 34.0 Å². The summed E-state index contributed by atoms with van der Waals surface area (Å²) in [6.07, 6.45) is 0.679. The van der Waals surface area contributed by atoms with E-state index in [9.17, 15) is 19.5 Å². The van der Waals surface area contributed by atoms with Crippen molar-refractivity contribution in [3.05, 3.63) is 82.8 Å². The Morgan fingerprint density at radius 2 is 1.94 bits per heavy atom. The van der Waals surface area contributed by atoms with Crippen molar-refractivity contribution in [3.63, 3.8) is 0 Å². The number of para-hydroxylation sites is 1. The fourth-order valence-electron chi connectivity index (χ4n) is 6.95. The molecule has 5 heterocycles. The molecular weight excluding hydrogens is 604 g/mol. The number of aliphatic hydroxyl groups excluding tert-OH is 1. The van der Waals surface area contributed by atoms with Crippen molar-refractivity contribution < 1.29 is 37.8 Å². The molecule has 3 aliphatic heterocycles. The number of fused-ring (bicyclic) bond motifs is 4. The van der Waals surface area contributed by atoms with Crippen molar-refractivity contribution in [2.75, 3.05) is 12.4 Å². The molecule has 4 aromatic rings. The molecule has 244 valence electrons. The first kappa shape index (κ1) is 30.7. The summed E-state index contributed by atoms with van der Waals surface area (Å²) >= 11 is 0. The molecule has 4 bridgehead atoms. The lowest BCUT2D eigenvalue weighted by Gasteiger charge is -2.28. The molecule has 3 N–H and O–H groups in total. The van der Waals surface area contributed by atoms with Gasteiger partial charge in [-0.2, -0.15) is 0 Å². The zero-order chi connectivity index (χ0) is 33.0. The molecule has 0 radical (unpaired) electrons. The Morgan fingerprint density at radius 3 is 2.70 bits per heavy atom. The van der Waals surface area contributed by atoms with E-state index < -0.39 is 35.7 Å². The normalized spacial score (nSPS) is 23.0. The second-order valence-corrected chi connectivity index (χ2v) is 12.7. The van der Waals surface area contributed by atoms with Gasteiger partial charge in [0.2, 0.25) is 17.7 Å². The molecule has 2 aromatic heterocycles. The van der Waals surface area contributed by atoms with E-state index in [-0.39, 0.29) is 53.6 Å². The van der Waals surface area contributed by atoms with Crippen LogP contribution in [-0.2, 0) is 26.2 Å². The van der Waals surface area contributed by atoms with Crippen LogP contribution in [0.15, 0.2) is 57.6 Å². The topological polar surface area (TPSA) is 166 Å².